The quantitative estimate of drug-likeness (QED) is 0.395. The average Bonchev–Trinajstić information content (AvgIpc) is 1.87. The Morgan fingerprint density at radius 2 is 2.11 bits per heavy atom. The molecule has 0 spiro atoms. The molecule has 0 aliphatic rings. The Labute approximate surface area is 53.8 Å². The molecule has 0 aliphatic carbocycles. The summed E-state index contributed by atoms with van der Waals surface area (Å²) in [5.74, 6) is -0.500. The standard InChI is InChI=1S/C5H10N2O2/c1-4(6-2)5(8)9-7-3/h6-7H,1H2,2-3H3. The molecule has 9 heavy (non-hydrogen) atoms. The average molecular weight is 130 g/mol. The van der Waals surface area contributed by atoms with Gasteiger partial charge in [0.15, 0.2) is 0 Å². The highest BCUT2D eigenvalue weighted by atomic mass is 16.7. The van der Waals surface area contributed by atoms with E-state index in [9.17, 15) is 4.79 Å². The zero-order chi connectivity index (χ0) is 7.28. The predicted octanol–water partition coefficient (Wildman–Crippen LogP) is -0.603. The lowest BCUT2D eigenvalue weighted by atomic mass is 10.5. The third-order valence-electron chi connectivity index (χ3n) is 0.743. The van der Waals surface area contributed by atoms with Crippen LogP contribution in [0.1, 0.15) is 0 Å². The van der Waals surface area contributed by atoms with Crippen LogP contribution in [-0.2, 0) is 9.63 Å². The first-order chi connectivity index (χ1) is 4.22. The zero-order valence-corrected chi connectivity index (χ0v) is 5.52. The van der Waals surface area contributed by atoms with Gasteiger partial charge in [-0.25, -0.2) is 4.79 Å². The monoisotopic (exact) mass is 130 g/mol. The topological polar surface area (TPSA) is 50.4 Å². The molecule has 0 unspecified atom stereocenters. The maximum absolute atomic E-state index is 10.5. The van der Waals surface area contributed by atoms with E-state index >= 15 is 0 Å². The van der Waals surface area contributed by atoms with Gasteiger partial charge in [0.1, 0.15) is 5.70 Å². The van der Waals surface area contributed by atoms with Crippen molar-refractivity contribution in [2.75, 3.05) is 14.1 Å². The van der Waals surface area contributed by atoms with E-state index in [0.717, 1.165) is 0 Å². The molecule has 0 aromatic rings. The fraction of sp³-hybridized carbons (Fsp3) is 0.400. The normalized spacial score (nSPS) is 8.22. The van der Waals surface area contributed by atoms with Crippen molar-refractivity contribution >= 4 is 5.97 Å². The van der Waals surface area contributed by atoms with Crippen molar-refractivity contribution in [3.8, 4) is 0 Å². The number of rotatable bonds is 3. The SMILES string of the molecule is C=C(NC)C(=O)ONC. The van der Waals surface area contributed by atoms with Crippen LogP contribution in [0.4, 0.5) is 0 Å². The van der Waals surface area contributed by atoms with Crippen molar-refractivity contribution in [1.29, 1.82) is 0 Å². The minimum atomic E-state index is -0.500. The van der Waals surface area contributed by atoms with Crippen LogP contribution in [0.5, 0.6) is 0 Å². The second-order valence-corrected chi connectivity index (χ2v) is 1.32. The van der Waals surface area contributed by atoms with E-state index in [1.54, 1.807) is 7.05 Å². The molecule has 0 rings (SSSR count). The van der Waals surface area contributed by atoms with E-state index < -0.39 is 5.97 Å². The molecule has 52 valence electrons. The van der Waals surface area contributed by atoms with Crippen LogP contribution in [0.3, 0.4) is 0 Å². The Morgan fingerprint density at radius 3 is 2.44 bits per heavy atom. The highest BCUT2D eigenvalue weighted by Crippen LogP contribution is 1.83. The lowest BCUT2D eigenvalue weighted by Gasteiger charge is -2.01. The molecule has 0 aromatic heterocycles. The second-order valence-electron chi connectivity index (χ2n) is 1.32. The van der Waals surface area contributed by atoms with Crippen LogP contribution < -0.4 is 10.8 Å². The summed E-state index contributed by atoms with van der Waals surface area (Å²) in [6, 6.07) is 0. The Balaban J connectivity index is 3.60. The minimum Gasteiger partial charge on any atom is -0.383 e. The van der Waals surface area contributed by atoms with Crippen LogP contribution in [0.15, 0.2) is 12.3 Å². The molecule has 0 bridgehead atoms. The molecule has 0 saturated heterocycles. The second kappa shape index (κ2) is 3.91. The third-order valence-corrected chi connectivity index (χ3v) is 0.743. The van der Waals surface area contributed by atoms with E-state index in [1.165, 1.54) is 7.05 Å². The summed E-state index contributed by atoms with van der Waals surface area (Å²) in [7, 11) is 3.10. The van der Waals surface area contributed by atoms with Crippen LogP contribution >= 0.6 is 0 Å². The summed E-state index contributed by atoms with van der Waals surface area (Å²) >= 11 is 0. The van der Waals surface area contributed by atoms with Crippen molar-refractivity contribution < 1.29 is 9.63 Å². The van der Waals surface area contributed by atoms with Crippen molar-refractivity contribution in [2.24, 2.45) is 0 Å². The molecule has 2 N–H and O–H groups in total. The Morgan fingerprint density at radius 1 is 1.56 bits per heavy atom. The smallest absolute Gasteiger partial charge is 0.372 e. The van der Waals surface area contributed by atoms with Gasteiger partial charge < -0.3 is 10.2 Å². The van der Waals surface area contributed by atoms with Crippen LogP contribution in [0.2, 0.25) is 0 Å². The summed E-state index contributed by atoms with van der Waals surface area (Å²) in [5.41, 5.74) is 2.46. The minimum absolute atomic E-state index is 0.226. The van der Waals surface area contributed by atoms with E-state index in [4.69, 9.17) is 0 Å². The number of carbonyl (C=O) groups is 1. The number of hydroxylamine groups is 1. The molecule has 0 fully saturated rings. The van der Waals surface area contributed by atoms with Gasteiger partial charge in [0, 0.05) is 14.1 Å². The first-order valence-corrected chi connectivity index (χ1v) is 2.47. The van der Waals surface area contributed by atoms with Crippen molar-refractivity contribution in [2.45, 2.75) is 0 Å². The Bertz CT molecular complexity index is 122. The van der Waals surface area contributed by atoms with Gasteiger partial charge >= 0.3 is 5.97 Å². The molecule has 0 aromatic carbocycles. The third kappa shape index (κ3) is 2.71. The van der Waals surface area contributed by atoms with Gasteiger partial charge in [-0.15, -0.1) is 0 Å². The molecular weight excluding hydrogens is 120 g/mol. The fourth-order valence-electron chi connectivity index (χ4n) is 0.256. The summed E-state index contributed by atoms with van der Waals surface area (Å²) < 4.78 is 0. The summed E-state index contributed by atoms with van der Waals surface area (Å²) in [6.07, 6.45) is 0. The number of hydrogen-bond acceptors (Lipinski definition) is 4. The lowest BCUT2D eigenvalue weighted by Crippen LogP contribution is -2.22. The number of hydrogen-bond donors (Lipinski definition) is 2. The van der Waals surface area contributed by atoms with E-state index in [1.807, 2.05) is 0 Å². The van der Waals surface area contributed by atoms with Crippen LogP contribution in [-0.4, -0.2) is 20.1 Å². The van der Waals surface area contributed by atoms with Crippen molar-refractivity contribution in [3.63, 3.8) is 0 Å². The zero-order valence-electron chi connectivity index (χ0n) is 5.52. The largest absolute Gasteiger partial charge is 0.383 e. The maximum Gasteiger partial charge on any atom is 0.372 e. The van der Waals surface area contributed by atoms with Gasteiger partial charge in [0.05, 0.1) is 0 Å². The van der Waals surface area contributed by atoms with Gasteiger partial charge in [-0.05, 0) is 0 Å². The maximum atomic E-state index is 10.5. The molecule has 0 radical (unpaired) electrons. The lowest BCUT2D eigenvalue weighted by molar-refractivity contribution is -0.145. The van der Waals surface area contributed by atoms with E-state index in [-0.39, 0.29) is 5.70 Å². The molecule has 0 heterocycles. The summed E-state index contributed by atoms with van der Waals surface area (Å²) in [6.45, 7) is 3.37. The Hall–Kier alpha value is -1.03. The first-order valence-electron chi connectivity index (χ1n) is 2.47. The van der Waals surface area contributed by atoms with Gasteiger partial charge in [-0.1, -0.05) is 6.58 Å². The predicted molar refractivity (Wildman–Crippen MR) is 33.4 cm³/mol. The van der Waals surface area contributed by atoms with E-state index in [0.29, 0.717) is 0 Å². The molecule has 0 atom stereocenters. The highest BCUT2D eigenvalue weighted by molar-refractivity contribution is 5.86. The number of likely N-dealkylation sites (N-methyl/N-ethyl adjacent to an activating group) is 1. The highest BCUT2D eigenvalue weighted by Gasteiger charge is 2.03. The van der Waals surface area contributed by atoms with Gasteiger partial charge in [-0.3, -0.25) is 0 Å². The molecule has 0 saturated carbocycles. The van der Waals surface area contributed by atoms with Crippen LogP contribution in [0.25, 0.3) is 0 Å². The summed E-state index contributed by atoms with van der Waals surface area (Å²) in [4.78, 5) is 14.9. The van der Waals surface area contributed by atoms with Gasteiger partial charge in [-0.2, -0.15) is 5.48 Å². The molecule has 0 aliphatic heterocycles. The number of nitrogens with one attached hydrogen (secondary N) is 2. The number of carbonyl (C=O) groups excluding carboxylic acids is 1. The molecule has 4 nitrogen and oxygen atoms in total. The summed E-state index contributed by atoms with van der Waals surface area (Å²) in [5, 5.41) is 2.54. The molecular formula is C5H10N2O2. The Kier molecular flexibility index (Phi) is 3.46. The van der Waals surface area contributed by atoms with Crippen molar-refractivity contribution in [1.82, 2.24) is 10.8 Å². The van der Waals surface area contributed by atoms with Gasteiger partial charge in [0.2, 0.25) is 0 Å². The van der Waals surface area contributed by atoms with Crippen molar-refractivity contribution in [3.05, 3.63) is 12.3 Å². The van der Waals surface area contributed by atoms with Crippen LogP contribution in [0, 0.1) is 0 Å². The van der Waals surface area contributed by atoms with Gasteiger partial charge in [0.25, 0.3) is 0 Å². The first kappa shape index (κ1) is 7.97. The van der Waals surface area contributed by atoms with E-state index in [2.05, 4.69) is 22.2 Å². The molecule has 4 heteroatoms. The molecule has 0 amide bonds. The fourth-order valence-corrected chi connectivity index (χ4v) is 0.256.